The predicted molar refractivity (Wildman–Crippen MR) is 103 cm³/mol. The first-order chi connectivity index (χ1) is 13.6. The Morgan fingerprint density at radius 2 is 1.64 bits per heavy atom. The van der Waals surface area contributed by atoms with Gasteiger partial charge < -0.3 is 4.74 Å². The maximum Gasteiger partial charge on any atom is 0.282 e. The molecule has 3 aromatic carbocycles. The summed E-state index contributed by atoms with van der Waals surface area (Å²) in [7, 11) is 0. The van der Waals surface area contributed by atoms with Crippen LogP contribution in [0.2, 0.25) is 0 Å². The van der Waals surface area contributed by atoms with Crippen molar-refractivity contribution in [1.82, 2.24) is 9.55 Å². The van der Waals surface area contributed by atoms with E-state index >= 15 is 0 Å². The third-order valence-corrected chi connectivity index (χ3v) is 4.28. The second-order valence-corrected chi connectivity index (χ2v) is 6.03. The Morgan fingerprint density at radius 3 is 2.43 bits per heavy atom. The molecule has 1 heterocycles. The van der Waals surface area contributed by atoms with Crippen LogP contribution in [0, 0.1) is 10.1 Å². The topological polar surface area (TPSA) is 87.3 Å². The molecule has 0 saturated heterocycles. The summed E-state index contributed by atoms with van der Waals surface area (Å²) in [6, 6.07) is 22.2. The maximum atomic E-state index is 13.2. The monoisotopic (exact) mass is 373 g/mol. The van der Waals surface area contributed by atoms with Gasteiger partial charge in [0.15, 0.2) is 5.82 Å². The van der Waals surface area contributed by atoms with E-state index in [0.29, 0.717) is 22.6 Å². The van der Waals surface area contributed by atoms with Crippen molar-refractivity contribution in [2.24, 2.45) is 0 Å². The van der Waals surface area contributed by atoms with Crippen LogP contribution < -0.4 is 4.74 Å². The Hall–Kier alpha value is -4.00. The third kappa shape index (κ3) is 3.21. The molecule has 1 aromatic heterocycles. The van der Waals surface area contributed by atoms with Crippen molar-refractivity contribution in [3.8, 4) is 5.75 Å². The summed E-state index contributed by atoms with van der Waals surface area (Å²) < 4.78 is 7.13. The lowest BCUT2D eigenvalue weighted by Crippen LogP contribution is -2.18. The minimum absolute atomic E-state index is 0.00314. The number of rotatable bonds is 5. The Balaban J connectivity index is 1.79. The molecule has 0 atom stereocenters. The first-order valence-corrected chi connectivity index (χ1v) is 8.57. The number of benzene rings is 3. The molecule has 7 heteroatoms. The second-order valence-electron chi connectivity index (χ2n) is 6.03. The van der Waals surface area contributed by atoms with Crippen molar-refractivity contribution in [3.05, 3.63) is 100 Å². The molecule has 138 valence electrons. The van der Waals surface area contributed by atoms with Crippen LogP contribution in [0.5, 0.6) is 5.75 Å². The molecule has 4 rings (SSSR count). The lowest BCUT2D eigenvalue weighted by atomic mass is 10.1. The van der Waals surface area contributed by atoms with Crippen molar-refractivity contribution in [2.75, 3.05) is 0 Å². The van der Waals surface area contributed by atoms with Crippen molar-refractivity contribution < 1.29 is 14.5 Å². The first kappa shape index (κ1) is 17.4. The van der Waals surface area contributed by atoms with Crippen molar-refractivity contribution >= 4 is 22.6 Å². The number of hydrogen-bond donors (Lipinski definition) is 0. The summed E-state index contributed by atoms with van der Waals surface area (Å²) in [5.74, 6) is 0.486. The normalized spacial score (nSPS) is 10.7. The predicted octanol–water partition coefficient (Wildman–Crippen LogP) is 4.21. The van der Waals surface area contributed by atoms with E-state index in [1.165, 1.54) is 22.8 Å². The Bertz CT molecular complexity index is 1170. The molecule has 0 saturated carbocycles. The number of fused-ring (bicyclic) bond motifs is 1. The van der Waals surface area contributed by atoms with Crippen LogP contribution >= 0.6 is 0 Å². The summed E-state index contributed by atoms with van der Waals surface area (Å²) in [5, 5.41) is 11.4. The molecular weight excluding hydrogens is 358 g/mol. The van der Waals surface area contributed by atoms with Crippen molar-refractivity contribution in [1.29, 1.82) is 0 Å². The van der Waals surface area contributed by atoms with Crippen LogP contribution in [-0.2, 0) is 6.61 Å². The van der Waals surface area contributed by atoms with Gasteiger partial charge in [-0.3, -0.25) is 19.5 Å². The Labute approximate surface area is 160 Å². The average Bonchev–Trinajstić information content (AvgIpc) is 3.11. The van der Waals surface area contributed by atoms with Gasteiger partial charge >= 0.3 is 0 Å². The average molecular weight is 373 g/mol. The van der Waals surface area contributed by atoms with Crippen LogP contribution in [0.15, 0.2) is 78.9 Å². The van der Waals surface area contributed by atoms with Gasteiger partial charge in [0.05, 0.1) is 16.0 Å². The van der Waals surface area contributed by atoms with Gasteiger partial charge in [-0.2, -0.15) is 0 Å². The van der Waals surface area contributed by atoms with Gasteiger partial charge in [0.2, 0.25) is 0 Å². The summed E-state index contributed by atoms with van der Waals surface area (Å²) >= 11 is 0. The van der Waals surface area contributed by atoms with Crippen LogP contribution in [0.25, 0.3) is 11.0 Å². The van der Waals surface area contributed by atoms with Crippen LogP contribution in [0.3, 0.4) is 0 Å². The molecule has 7 nitrogen and oxygen atoms in total. The van der Waals surface area contributed by atoms with Gasteiger partial charge in [-0.15, -0.1) is 0 Å². The van der Waals surface area contributed by atoms with E-state index in [9.17, 15) is 14.9 Å². The number of carbonyl (C=O) groups is 1. The van der Waals surface area contributed by atoms with Gasteiger partial charge in [0, 0.05) is 6.07 Å². The van der Waals surface area contributed by atoms with Crippen LogP contribution in [0.4, 0.5) is 5.69 Å². The van der Waals surface area contributed by atoms with Gasteiger partial charge in [-0.1, -0.05) is 42.5 Å². The molecule has 0 unspecified atom stereocenters. The number of nitrogens with zero attached hydrogens (tertiary/aromatic N) is 3. The fraction of sp³-hybridized carbons (Fsp3) is 0.0476. The van der Waals surface area contributed by atoms with Gasteiger partial charge in [-0.25, -0.2) is 4.98 Å². The molecule has 0 spiro atoms. The molecule has 0 radical (unpaired) electrons. The third-order valence-electron chi connectivity index (χ3n) is 4.28. The van der Waals surface area contributed by atoms with Gasteiger partial charge in [0.1, 0.15) is 17.9 Å². The number of imidazole rings is 1. The Kier molecular flexibility index (Phi) is 4.55. The second kappa shape index (κ2) is 7.32. The fourth-order valence-corrected chi connectivity index (χ4v) is 3.00. The highest BCUT2D eigenvalue weighted by molar-refractivity contribution is 6.04. The van der Waals surface area contributed by atoms with Crippen LogP contribution in [-0.4, -0.2) is 20.4 Å². The van der Waals surface area contributed by atoms with Crippen molar-refractivity contribution in [2.45, 2.75) is 6.61 Å². The highest BCUT2D eigenvalue weighted by Gasteiger charge is 2.25. The molecule has 0 aliphatic heterocycles. The van der Waals surface area contributed by atoms with E-state index in [2.05, 4.69) is 4.98 Å². The molecule has 0 bridgehead atoms. The van der Waals surface area contributed by atoms with Crippen molar-refractivity contribution in [3.63, 3.8) is 0 Å². The zero-order valence-corrected chi connectivity index (χ0v) is 14.7. The lowest BCUT2D eigenvalue weighted by Gasteiger charge is -2.10. The van der Waals surface area contributed by atoms with Crippen LogP contribution in [0.1, 0.15) is 16.2 Å². The minimum atomic E-state index is -0.563. The number of para-hydroxylation sites is 4. The Morgan fingerprint density at radius 1 is 0.964 bits per heavy atom. The van der Waals surface area contributed by atoms with E-state index in [4.69, 9.17) is 4.74 Å². The zero-order valence-electron chi connectivity index (χ0n) is 14.7. The number of nitro groups is 1. The zero-order chi connectivity index (χ0) is 19.5. The quantitative estimate of drug-likeness (QED) is 0.386. The summed E-state index contributed by atoms with van der Waals surface area (Å²) in [6.45, 7) is 0.0467. The smallest absolute Gasteiger partial charge is 0.282 e. The molecule has 0 aliphatic carbocycles. The minimum Gasteiger partial charge on any atom is -0.486 e. The lowest BCUT2D eigenvalue weighted by molar-refractivity contribution is -0.385. The summed E-state index contributed by atoms with van der Waals surface area (Å²) in [5.41, 5.74) is 0.926. The number of nitro benzene ring substituents is 1. The van der Waals surface area contributed by atoms with E-state index in [-0.39, 0.29) is 17.9 Å². The van der Waals surface area contributed by atoms with Gasteiger partial charge in [0.25, 0.3) is 11.6 Å². The summed E-state index contributed by atoms with van der Waals surface area (Å²) in [4.78, 5) is 28.5. The van der Waals surface area contributed by atoms with E-state index in [1.54, 1.807) is 36.4 Å². The SMILES string of the molecule is O=C(c1ccccc1[N+](=O)[O-])n1c(COc2ccccc2)nc2ccccc21. The number of aromatic nitrogens is 2. The molecule has 28 heavy (non-hydrogen) atoms. The number of carbonyl (C=O) groups excluding carboxylic acids is 1. The molecule has 0 aliphatic rings. The first-order valence-electron chi connectivity index (χ1n) is 8.57. The molecular formula is C21H15N3O4. The van der Waals surface area contributed by atoms with E-state index in [1.807, 2.05) is 24.3 Å². The fourth-order valence-electron chi connectivity index (χ4n) is 3.00. The highest BCUT2D eigenvalue weighted by atomic mass is 16.6. The molecule has 4 aromatic rings. The highest BCUT2D eigenvalue weighted by Crippen LogP contribution is 2.24. The standard InChI is InChI=1S/C21H15N3O4/c25-21(16-10-4-6-12-18(16)24(26)27)23-19-13-7-5-11-17(19)22-20(23)14-28-15-8-2-1-3-9-15/h1-13H,14H2. The van der Waals surface area contributed by atoms with Gasteiger partial charge in [-0.05, 0) is 30.3 Å². The van der Waals surface area contributed by atoms with E-state index < -0.39 is 10.8 Å². The number of hydrogen-bond acceptors (Lipinski definition) is 5. The largest absolute Gasteiger partial charge is 0.486 e. The van der Waals surface area contributed by atoms with E-state index in [0.717, 1.165) is 0 Å². The summed E-state index contributed by atoms with van der Waals surface area (Å²) in [6.07, 6.45) is 0. The molecule has 0 N–H and O–H groups in total. The maximum absolute atomic E-state index is 13.2. The number of ether oxygens (including phenoxy) is 1. The molecule has 0 fully saturated rings. The molecule has 0 amide bonds.